The van der Waals surface area contributed by atoms with E-state index in [1.807, 2.05) is 24.3 Å². The van der Waals surface area contributed by atoms with Crippen molar-refractivity contribution in [3.8, 4) is 16.9 Å². The Balaban J connectivity index is 1.37. The summed E-state index contributed by atoms with van der Waals surface area (Å²) in [4.78, 5) is 0. The van der Waals surface area contributed by atoms with E-state index in [9.17, 15) is 0 Å². The lowest BCUT2D eigenvalue weighted by atomic mass is 10.1. The Morgan fingerprint density at radius 1 is 0.444 bits per heavy atom. The van der Waals surface area contributed by atoms with Crippen molar-refractivity contribution in [2.24, 2.45) is 0 Å². The zero-order chi connectivity index (χ0) is 24.5. The minimum atomic E-state index is -2.00. The van der Waals surface area contributed by atoms with E-state index in [0.29, 0.717) is 19.6 Å². The van der Waals surface area contributed by atoms with Crippen molar-refractivity contribution >= 4 is 23.2 Å². The molecule has 0 radical (unpaired) electrons. The van der Waals surface area contributed by atoms with Gasteiger partial charge in [0.25, 0.3) is 0 Å². The first-order valence-electron chi connectivity index (χ1n) is 12.3. The van der Waals surface area contributed by atoms with Crippen LogP contribution in [0, 0.1) is 0 Å². The van der Waals surface area contributed by atoms with Gasteiger partial charge in [0.2, 0.25) is 0 Å². The van der Waals surface area contributed by atoms with Gasteiger partial charge in [0.15, 0.2) is 6.35 Å². The second kappa shape index (κ2) is 11.8. The van der Waals surface area contributed by atoms with E-state index in [1.54, 1.807) is 0 Å². The van der Waals surface area contributed by atoms with Gasteiger partial charge < -0.3 is 9.47 Å². The SMILES string of the molecule is c1ccc(-c2ccccc2OCCOC[P+](c2ccccc2)(c2ccccc2)c2ccccc2)cc1. The first-order chi connectivity index (χ1) is 17.9. The van der Waals surface area contributed by atoms with E-state index >= 15 is 0 Å². The van der Waals surface area contributed by atoms with E-state index in [-0.39, 0.29) is 0 Å². The number of para-hydroxylation sites is 1. The molecule has 0 saturated heterocycles. The van der Waals surface area contributed by atoms with Gasteiger partial charge in [-0.05, 0) is 48.0 Å². The highest BCUT2D eigenvalue weighted by Gasteiger charge is 2.45. The minimum Gasteiger partial charge on any atom is -0.491 e. The van der Waals surface area contributed by atoms with Crippen LogP contribution >= 0.6 is 7.26 Å². The summed E-state index contributed by atoms with van der Waals surface area (Å²) >= 11 is 0. The Bertz CT molecular complexity index is 1240. The normalized spacial score (nSPS) is 11.2. The Kier molecular flexibility index (Phi) is 7.88. The summed E-state index contributed by atoms with van der Waals surface area (Å²) in [6.45, 7) is 1.000. The lowest BCUT2D eigenvalue weighted by Crippen LogP contribution is -2.34. The zero-order valence-electron chi connectivity index (χ0n) is 20.2. The van der Waals surface area contributed by atoms with E-state index in [2.05, 4.69) is 121 Å². The summed E-state index contributed by atoms with van der Waals surface area (Å²) in [5, 5.41) is 3.95. The van der Waals surface area contributed by atoms with Gasteiger partial charge in [0.05, 0.1) is 6.61 Å². The van der Waals surface area contributed by atoms with Crippen LogP contribution in [0.4, 0.5) is 0 Å². The predicted molar refractivity (Wildman–Crippen MR) is 153 cm³/mol. The van der Waals surface area contributed by atoms with Crippen LogP contribution in [0.25, 0.3) is 11.1 Å². The summed E-state index contributed by atoms with van der Waals surface area (Å²) in [6, 6.07) is 50.9. The van der Waals surface area contributed by atoms with E-state index in [0.717, 1.165) is 16.9 Å². The third-order valence-corrected chi connectivity index (χ3v) is 10.4. The first kappa shape index (κ1) is 24.0. The molecule has 0 heterocycles. The molecular weight excluding hydrogens is 459 g/mol. The lowest BCUT2D eigenvalue weighted by molar-refractivity contribution is 0.133. The monoisotopic (exact) mass is 489 g/mol. The molecule has 0 saturated carbocycles. The molecule has 0 bridgehead atoms. The summed E-state index contributed by atoms with van der Waals surface area (Å²) in [5.41, 5.74) is 2.24. The van der Waals surface area contributed by atoms with Crippen LogP contribution in [-0.4, -0.2) is 19.6 Å². The molecule has 36 heavy (non-hydrogen) atoms. The molecule has 0 atom stereocenters. The summed E-state index contributed by atoms with van der Waals surface area (Å²) in [7, 11) is -2.00. The van der Waals surface area contributed by atoms with Crippen molar-refractivity contribution in [3.05, 3.63) is 146 Å². The van der Waals surface area contributed by atoms with Crippen molar-refractivity contribution in [2.75, 3.05) is 19.6 Å². The van der Waals surface area contributed by atoms with Crippen LogP contribution in [0.2, 0.25) is 0 Å². The molecule has 5 aromatic carbocycles. The molecule has 0 spiro atoms. The van der Waals surface area contributed by atoms with Gasteiger partial charge in [-0.25, -0.2) is 0 Å². The maximum absolute atomic E-state index is 6.45. The quantitative estimate of drug-likeness (QED) is 0.161. The highest BCUT2D eigenvalue weighted by molar-refractivity contribution is 7.95. The van der Waals surface area contributed by atoms with E-state index < -0.39 is 7.26 Å². The van der Waals surface area contributed by atoms with Gasteiger partial charge >= 0.3 is 0 Å². The van der Waals surface area contributed by atoms with Gasteiger partial charge in [0, 0.05) is 5.56 Å². The topological polar surface area (TPSA) is 18.5 Å². The van der Waals surface area contributed by atoms with Crippen LogP contribution in [-0.2, 0) is 4.74 Å². The first-order valence-corrected chi connectivity index (χ1v) is 14.3. The van der Waals surface area contributed by atoms with Crippen molar-refractivity contribution in [3.63, 3.8) is 0 Å². The van der Waals surface area contributed by atoms with Crippen LogP contribution in [0.15, 0.2) is 146 Å². The Hall–Kier alpha value is -3.71. The van der Waals surface area contributed by atoms with Crippen LogP contribution < -0.4 is 20.7 Å². The number of hydrogen-bond acceptors (Lipinski definition) is 2. The van der Waals surface area contributed by atoms with Gasteiger partial charge in [-0.1, -0.05) is 103 Å². The molecule has 5 aromatic rings. The average molecular weight is 490 g/mol. The molecule has 2 nitrogen and oxygen atoms in total. The molecule has 0 aromatic heterocycles. The number of benzene rings is 5. The second-order valence-corrected chi connectivity index (χ2v) is 12.0. The van der Waals surface area contributed by atoms with Crippen LogP contribution in [0.3, 0.4) is 0 Å². The highest BCUT2D eigenvalue weighted by Crippen LogP contribution is 2.55. The second-order valence-electron chi connectivity index (χ2n) is 8.56. The standard InChI is InChI=1S/C33H30O2P/c1-5-15-28(16-6-1)32-23-13-14-24-33(32)35-26-25-34-27-36(29-17-7-2-8-18-29,30-19-9-3-10-20-30)31-21-11-4-12-22-31/h1-24H,25-27H2/q+1. The molecule has 0 aliphatic rings. The maximum atomic E-state index is 6.45. The van der Waals surface area contributed by atoms with Gasteiger partial charge in [-0.2, -0.15) is 0 Å². The molecule has 5 rings (SSSR count). The molecular formula is C33H30O2P+. The number of ether oxygens (including phenoxy) is 2. The fourth-order valence-electron chi connectivity index (χ4n) is 4.58. The third kappa shape index (κ3) is 5.26. The molecule has 0 aliphatic heterocycles. The predicted octanol–water partition coefficient (Wildman–Crippen LogP) is 6.70. The summed E-state index contributed by atoms with van der Waals surface area (Å²) < 4.78 is 12.7. The Labute approximate surface area is 214 Å². The Morgan fingerprint density at radius 3 is 1.42 bits per heavy atom. The number of rotatable bonds is 10. The molecule has 0 N–H and O–H groups in total. The summed E-state index contributed by atoms with van der Waals surface area (Å²) in [6.07, 6.45) is 0.620. The fraction of sp³-hybridized carbons (Fsp3) is 0.0909. The van der Waals surface area contributed by atoms with Gasteiger partial charge in [0.1, 0.15) is 35.5 Å². The molecule has 0 unspecified atom stereocenters. The van der Waals surface area contributed by atoms with Gasteiger partial charge in [-0.15, -0.1) is 0 Å². The molecule has 0 amide bonds. The number of hydrogen-bond donors (Lipinski definition) is 0. The molecule has 0 aliphatic carbocycles. The summed E-state index contributed by atoms with van der Waals surface area (Å²) in [5.74, 6) is 0.877. The highest BCUT2D eigenvalue weighted by atomic mass is 31.2. The fourth-order valence-corrected chi connectivity index (χ4v) is 8.37. The van der Waals surface area contributed by atoms with Crippen LogP contribution in [0.5, 0.6) is 5.75 Å². The lowest BCUT2D eigenvalue weighted by Gasteiger charge is -2.27. The largest absolute Gasteiger partial charge is 0.491 e. The van der Waals surface area contributed by atoms with E-state index in [4.69, 9.17) is 9.47 Å². The van der Waals surface area contributed by atoms with Gasteiger partial charge in [-0.3, -0.25) is 0 Å². The van der Waals surface area contributed by atoms with Crippen molar-refractivity contribution in [1.82, 2.24) is 0 Å². The minimum absolute atomic E-state index is 0.488. The van der Waals surface area contributed by atoms with E-state index in [1.165, 1.54) is 15.9 Å². The van der Waals surface area contributed by atoms with Crippen LogP contribution in [0.1, 0.15) is 0 Å². The van der Waals surface area contributed by atoms with Crippen molar-refractivity contribution < 1.29 is 9.47 Å². The molecule has 178 valence electrons. The third-order valence-electron chi connectivity index (χ3n) is 6.33. The molecule has 0 fully saturated rings. The van der Waals surface area contributed by atoms with Crippen molar-refractivity contribution in [2.45, 2.75) is 0 Å². The Morgan fingerprint density at radius 2 is 0.889 bits per heavy atom. The smallest absolute Gasteiger partial charge is 0.171 e. The maximum Gasteiger partial charge on any atom is 0.171 e. The average Bonchev–Trinajstić information content (AvgIpc) is 2.97. The van der Waals surface area contributed by atoms with Crippen molar-refractivity contribution in [1.29, 1.82) is 0 Å². The zero-order valence-corrected chi connectivity index (χ0v) is 21.1. The molecule has 3 heteroatoms.